The van der Waals surface area contributed by atoms with Gasteiger partial charge in [-0.05, 0) is 36.1 Å². The average molecular weight is 351 g/mol. The van der Waals surface area contributed by atoms with E-state index in [4.69, 9.17) is 10.4 Å². The van der Waals surface area contributed by atoms with Crippen molar-refractivity contribution in [1.82, 2.24) is 10.6 Å². The maximum absolute atomic E-state index is 12.2. The van der Waals surface area contributed by atoms with Crippen molar-refractivity contribution >= 4 is 12.0 Å². The molecule has 2 aromatic carbocycles. The molecule has 6 nitrogen and oxygen atoms in total. The zero-order valence-corrected chi connectivity index (χ0v) is 14.3. The molecule has 2 amide bonds. The summed E-state index contributed by atoms with van der Waals surface area (Å²) in [6, 6.07) is 17.6. The fourth-order valence-electron chi connectivity index (χ4n) is 2.55. The van der Waals surface area contributed by atoms with E-state index in [2.05, 4.69) is 16.7 Å². The Morgan fingerprint density at radius 1 is 1.08 bits per heavy atom. The number of unbranched alkanes of at least 4 members (excludes halogenated alkanes) is 1. The van der Waals surface area contributed by atoms with Crippen LogP contribution in [0.15, 0.2) is 54.6 Å². The predicted octanol–water partition coefficient (Wildman–Crippen LogP) is 3.62. The average Bonchev–Trinajstić information content (AvgIpc) is 2.66. The van der Waals surface area contributed by atoms with Crippen LogP contribution in [0.2, 0.25) is 0 Å². The Bertz CT molecular complexity index is 767. The maximum atomic E-state index is 12.2. The van der Waals surface area contributed by atoms with Gasteiger partial charge in [-0.1, -0.05) is 42.5 Å². The molecule has 0 fully saturated rings. The molecule has 2 rings (SSSR count). The van der Waals surface area contributed by atoms with E-state index in [-0.39, 0.29) is 17.6 Å². The van der Waals surface area contributed by atoms with Crippen molar-refractivity contribution in [1.29, 1.82) is 5.26 Å². The van der Waals surface area contributed by atoms with Crippen LogP contribution in [0.3, 0.4) is 0 Å². The fraction of sp³-hybridized carbons (Fsp3) is 0.250. The lowest BCUT2D eigenvalue weighted by molar-refractivity contribution is 0.0697. The molecule has 0 saturated heterocycles. The van der Waals surface area contributed by atoms with Gasteiger partial charge < -0.3 is 15.7 Å². The Morgan fingerprint density at radius 2 is 1.77 bits per heavy atom. The molecule has 0 aliphatic carbocycles. The van der Waals surface area contributed by atoms with Gasteiger partial charge in [0.15, 0.2) is 0 Å². The summed E-state index contributed by atoms with van der Waals surface area (Å²) < 4.78 is 0. The number of carbonyl (C=O) groups is 2. The van der Waals surface area contributed by atoms with Gasteiger partial charge in [-0.2, -0.15) is 5.26 Å². The molecule has 0 bridgehead atoms. The van der Waals surface area contributed by atoms with Crippen LogP contribution < -0.4 is 10.6 Å². The van der Waals surface area contributed by atoms with Gasteiger partial charge in [0.2, 0.25) is 0 Å². The molecular formula is C20H21N3O3. The van der Waals surface area contributed by atoms with Crippen molar-refractivity contribution in [3.8, 4) is 6.07 Å². The summed E-state index contributed by atoms with van der Waals surface area (Å²) in [4.78, 5) is 23.1. The lowest BCUT2D eigenvalue weighted by Gasteiger charge is -2.19. The highest BCUT2D eigenvalue weighted by Gasteiger charge is 2.14. The second-order valence-electron chi connectivity index (χ2n) is 5.84. The Balaban J connectivity index is 1.91. The van der Waals surface area contributed by atoms with E-state index in [9.17, 15) is 9.59 Å². The number of rotatable bonds is 8. The van der Waals surface area contributed by atoms with E-state index in [1.54, 1.807) is 12.1 Å². The minimum absolute atomic E-state index is 0.168. The third-order valence-corrected chi connectivity index (χ3v) is 3.94. The molecule has 1 unspecified atom stereocenters. The normalized spacial score (nSPS) is 11.2. The summed E-state index contributed by atoms with van der Waals surface area (Å²) in [7, 11) is 0. The first kappa shape index (κ1) is 19.0. The number of carboxylic acids is 1. The Labute approximate surface area is 152 Å². The van der Waals surface area contributed by atoms with Crippen LogP contribution >= 0.6 is 0 Å². The molecule has 26 heavy (non-hydrogen) atoms. The number of benzene rings is 2. The molecule has 134 valence electrons. The van der Waals surface area contributed by atoms with Gasteiger partial charge in [0.25, 0.3) is 0 Å². The highest BCUT2D eigenvalue weighted by atomic mass is 16.4. The topological polar surface area (TPSA) is 102 Å². The number of nitriles is 1. The third kappa shape index (κ3) is 5.95. The van der Waals surface area contributed by atoms with Crippen molar-refractivity contribution in [3.05, 3.63) is 71.3 Å². The van der Waals surface area contributed by atoms with E-state index in [1.165, 1.54) is 12.1 Å². The van der Waals surface area contributed by atoms with Crippen LogP contribution in [0.5, 0.6) is 0 Å². The summed E-state index contributed by atoms with van der Waals surface area (Å²) >= 11 is 0. The molecule has 0 saturated carbocycles. The maximum Gasteiger partial charge on any atom is 0.335 e. The molecule has 0 heterocycles. The van der Waals surface area contributed by atoms with E-state index < -0.39 is 5.97 Å². The third-order valence-electron chi connectivity index (χ3n) is 3.94. The Morgan fingerprint density at radius 3 is 2.38 bits per heavy atom. The first-order chi connectivity index (χ1) is 12.6. The minimum Gasteiger partial charge on any atom is -0.478 e. The van der Waals surface area contributed by atoms with E-state index in [1.807, 2.05) is 30.3 Å². The summed E-state index contributed by atoms with van der Waals surface area (Å²) in [5.41, 5.74) is 2.01. The number of hydrogen-bond acceptors (Lipinski definition) is 3. The Hall–Kier alpha value is -3.33. The van der Waals surface area contributed by atoms with Crippen LogP contribution in [-0.4, -0.2) is 17.1 Å². The molecule has 0 aromatic heterocycles. The van der Waals surface area contributed by atoms with Gasteiger partial charge in [0.1, 0.15) is 0 Å². The summed E-state index contributed by atoms with van der Waals surface area (Å²) in [5, 5.41) is 23.3. The van der Waals surface area contributed by atoms with Crippen molar-refractivity contribution in [3.63, 3.8) is 0 Å². The molecule has 6 heteroatoms. The SMILES string of the molecule is N#CCCCC(NC(=O)NCc1ccc(C(=O)O)cc1)c1ccccc1. The number of nitrogens with one attached hydrogen (secondary N) is 2. The van der Waals surface area contributed by atoms with Crippen LogP contribution in [-0.2, 0) is 6.54 Å². The summed E-state index contributed by atoms with van der Waals surface area (Å²) in [5.74, 6) is -0.981. The highest BCUT2D eigenvalue weighted by Crippen LogP contribution is 2.19. The second-order valence-corrected chi connectivity index (χ2v) is 5.84. The zero-order valence-electron chi connectivity index (χ0n) is 14.3. The zero-order chi connectivity index (χ0) is 18.8. The molecule has 0 spiro atoms. The molecule has 3 N–H and O–H groups in total. The van der Waals surface area contributed by atoms with Crippen LogP contribution in [0, 0.1) is 11.3 Å². The number of aromatic carboxylic acids is 1. The number of hydrogen-bond donors (Lipinski definition) is 3. The quantitative estimate of drug-likeness (QED) is 0.632. The summed E-state index contributed by atoms with van der Waals surface area (Å²) in [6.45, 7) is 0.297. The number of carbonyl (C=O) groups excluding carboxylic acids is 1. The number of urea groups is 1. The van der Waals surface area contributed by atoms with Gasteiger partial charge in [-0.25, -0.2) is 9.59 Å². The number of amides is 2. The smallest absolute Gasteiger partial charge is 0.335 e. The van der Waals surface area contributed by atoms with Crippen molar-refractivity contribution in [2.75, 3.05) is 0 Å². The lowest BCUT2D eigenvalue weighted by Crippen LogP contribution is -2.37. The minimum atomic E-state index is -0.981. The van der Waals surface area contributed by atoms with Gasteiger partial charge in [0, 0.05) is 13.0 Å². The molecule has 2 aromatic rings. The highest BCUT2D eigenvalue weighted by molar-refractivity contribution is 5.87. The first-order valence-corrected chi connectivity index (χ1v) is 8.38. The molecule has 0 aliphatic heterocycles. The standard InChI is InChI=1S/C20H21N3O3/c21-13-5-4-8-18(16-6-2-1-3-7-16)23-20(26)22-14-15-9-11-17(12-10-15)19(24)25/h1-3,6-7,9-12,18H,4-5,8,14H2,(H,24,25)(H2,22,23,26). The van der Waals surface area contributed by atoms with E-state index in [0.29, 0.717) is 25.8 Å². The summed E-state index contributed by atoms with van der Waals surface area (Å²) in [6.07, 6.45) is 1.83. The molecule has 0 aliphatic rings. The van der Waals surface area contributed by atoms with Crippen molar-refractivity contribution in [2.45, 2.75) is 31.8 Å². The lowest BCUT2D eigenvalue weighted by atomic mass is 10.0. The fourth-order valence-corrected chi connectivity index (χ4v) is 2.55. The molecule has 0 radical (unpaired) electrons. The monoisotopic (exact) mass is 351 g/mol. The van der Waals surface area contributed by atoms with Gasteiger partial charge in [-0.15, -0.1) is 0 Å². The van der Waals surface area contributed by atoms with Gasteiger partial charge in [0.05, 0.1) is 17.7 Å². The molecular weight excluding hydrogens is 330 g/mol. The predicted molar refractivity (Wildman–Crippen MR) is 97.4 cm³/mol. The largest absolute Gasteiger partial charge is 0.478 e. The second kappa shape index (κ2) is 9.84. The van der Waals surface area contributed by atoms with E-state index >= 15 is 0 Å². The van der Waals surface area contributed by atoms with Crippen LogP contribution in [0.1, 0.15) is 46.8 Å². The van der Waals surface area contributed by atoms with Crippen molar-refractivity contribution < 1.29 is 14.7 Å². The van der Waals surface area contributed by atoms with Crippen LogP contribution in [0.25, 0.3) is 0 Å². The van der Waals surface area contributed by atoms with Gasteiger partial charge in [-0.3, -0.25) is 0 Å². The van der Waals surface area contributed by atoms with Crippen molar-refractivity contribution in [2.24, 2.45) is 0 Å². The Kier molecular flexibility index (Phi) is 7.19. The van der Waals surface area contributed by atoms with Gasteiger partial charge >= 0.3 is 12.0 Å². The van der Waals surface area contributed by atoms with E-state index in [0.717, 1.165) is 11.1 Å². The number of nitrogens with zero attached hydrogens (tertiary/aromatic N) is 1. The molecule has 1 atom stereocenters. The first-order valence-electron chi connectivity index (χ1n) is 8.38. The number of carboxylic acid groups (broad SMARTS) is 1. The van der Waals surface area contributed by atoms with Crippen LogP contribution in [0.4, 0.5) is 4.79 Å².